The number of carbonyl (C=O) groups excluding carboxylic acids is 1. The molecule has 1 unspecified atom stereocenters. The van der Waals surface area contributed by atoms with Gasteiger partial charge in [-0.15, -0.1) is 5.10 Å². The Balaban J connectivity index is 1.69. The Morgan fingerprint density at radius 1 is 1.19 bits per heavy atom. The number of non-ortho nitro benzene ring substituents is 1. The minimum Gasteiger partial charge on any atom is -0.496 e. The van der Waals surface area contributed by atoms with E-state index in [0.29, 0.717) is 35.1 Å². The molecule has 9 heteroatoms. The molecular formula is C22H19N5O4. The number of fused-ring (bicyclic) bond motifs is 1. The second kappa shape index (κ2) is 7.35. The molecule has 0 saturated carbocycles. The Hall–Kier alpha value is -4.01. The fraction of sp³-hybridized carbons (Fsp3) is 0.227. The number of benzene rings is 2. The van der Waals surface area contributed by atoms with Crippen LogP contribution in [0.25, 0.3) is 11.4 Å². The highest BCUT2D eigenvalue weighted by Gasteiger charge is 2.38. The molecule has 2 aliphatic rings. The first-order valence-corrected chi connectivity index (χ1v) is 9.94. The molecule has 156 valence electrons. The van der Waals surface area contributed by atoms with Crippen LogP contribution in [-0.4, -0.2) is 32.6 Å². The number of hydrogen-bond donors (Lipinski definition) is 1. The van der Waals surface area contributed by atoms with Crippen LogP contribution in [0.15, 0.2) is 59.8 Å². The number of hydrogen-bond acceptors (Lipinski definition) is 7. The van der Waals surface area contributed by atoms with Crippen molar-refractivity contribution >= 4 is 17.4 Å². The van der Waals surface area contributed by atoms with Crippen LogP contribution < -0.4 is 10.1 Å². The van der Waals surface area contributed by atoms with E-state index in [1.165, 1.54) is 12.1 Å². The summed E-state index contributed by atoms with van der Waals surface area (Å²) in [6, 6.07) is 13.2. The lowest BCUT2D eigenvalue weighted by atomic mass is 9.85. The number of aromatic nitrogens is 3. The maximum atomic E-state index is 12.9. The van der Waals surface area contributed by atoms with E-state index in [1.807, 2.05) is 24.3 Å². The van der Waals surface area contributed by atoms with Crippen molar-refractivity contribution in [2.75, 3.05) is 12.4 Å². The van der Waals surface area contributed by atoms with Crippen molar-refractivity contribution in [1.82, 2.24) is 14.8 Å². The molecule has 0 saturated heterocycles. The normalized spacial score (nSPS) is 17.6. The molecule has 2 aromatic carbocycles. The van der Waals surface area contributed by atoms with Gasteiger partial charge in [0.25, 0.3) is 5.69 Å². The Kier molecular flexibility index (Phi) is 4.50. The van der Waals surface area contributed by atoms with E-state index in [2.05, 4.69) is 15.4 Å². The van der Waals surface area contributed by atoms with Crippen molar-refractivity contribution in [3.05, 3.63) is 75.5 Å². The quantitative estimate of drug-likeness (QED) is 0.506. The van der Waals surface area contributed by atoms with Gasteiger partial charge in [-0.05, 0) is 18.9 Å². The van der Waals surface area contributed by atoms with Gasteiger partial charge in [0.15, 0.2) is 11.6 Å². The van der Waals surface area contributed by atoms with Crippen molar-refractivity contribution in [2.45, 2.75) is 25.3 Å². The number of ether oxygens (including phenoxy) is 1. The van der Waals surface area contributed by atoms with E-state index in [1.54, 1.807) is 23.9 Å². The number of para-hydroxylation sites is 1. The van der Waals surface area contributed by atoms with Crippen molar-refractivity contribution in [1.29, 1.82) is 0 Å². The van der Waals surface area contributed by atoms with E-state index in [4.69, 9.17) is 4.74 Å². The van der Waals surface area contributed by atoms with Crippen LogP contribution in [0.3, 0.4) is 0 Å². The van der Waals surface area contributed by atoms with Gasteiger partial charge in [-0.3, -0.25) is 14.9 Å². The maximum Gasteiger partial charge on any atom is 0.270 e. The summed E-state index contributed by atoms with van der Waals surface area (Å²) in [6.07, 6.45) is 1.99. The molecule has 0 spiro atoms. The summed E-state index contributed by atoms with van der Waals surface area (Å²) in [6.45, 7) is 0. The van der Waals surface area contributed by atoms with Crippen LogP contribution in [0, 0.1) is 10.1 Å². The van der Waals surface area contributed by atoms with Crippen LogP contribution in [0.5, 0.6) is 5.75 Å². The van der Waals surface area contributed by atoms with Gasteiger partial charge in [-0.2, -0.15) is 4.98 Å². The molecule has 1 N–H and O–H groups in total. The van der Waals surface area contributed by atoms with Crippen LogP contribution >= 0.6 is 0 Å². The predicted molar refractivity (Wildman–Crippen MR) is 113 cm³/mol. The van der Waals surface area contributed by atoms with E-state index in [9.17, 15) is 14.9 Å². The van der Waals surface area contributed by atoms with E-state index < -0.39 is 11.0 Å². The molecule has 0 radical (unpaired) electrons. The summed E-state index contributed by atoms with van der Waals surface area (Å²) in [5.41, 5.74) is 2.82. The van der Waals surface area contributed by atoms with Crippen LogP contribution in [-0.2, 0) is 4.79 Å². The first-order chi connectivity index (χ1) is 15.1. The summed E-state index contributed by atoms with van der Waals surface area (Å²) in [4.78, 5) is 28.3. The minimum atomic E-state index is -0.491. The highest BCUT2D eigenvalue weighted by Crippen LogP contribution is 2.43. The molecule has 31 heavy (non-hydrogen) atoms. The van der Waals surface area contributed by atoms with Gasteiger partial charge in [-0.25, -0.2) is 4.68 Å². The van der Waals surface area contributed by atoms with Gasteiger partial charge in [0.2, 0.25) is 5.95 Å². The monoisotopic (exact) mass is 417 g/mol. The average molecular weight is 417 g/mol. The third-order valence-corrected chi connectivity index (χ3v) is 5.62. The topological polar surface area (TPSA) is 112 Å². The summed E-state index contributed by atoms with van der Waals surface area (Å²) in [5, 5.41) is 19.1. The third-order valence-electron chi connectivity index (χ3n) is 5.62. The zero-order valence-electron chi connectivity index (χ0n) is 16.7. The molecule has 2 heterocycles. The molecular weight excluding hydrogens is 398 g/mol. The van der Waals surface area contributed by atoms with Crippen molar-refractivity contribution in [3.63, 3.8) is 0 Å². The summed E-state index contributed by atoms with van der Waals surface area (Å²) < 4.78 is 7.25. The van der Waals surface area contributed by atoms with E-state index in [-0.39, 0.29) is 11.5 Å². The first kappa shape index (κ1) is 19.0. The second-order valence-corrected chi connectivity index (χ2v) is 7.45. The Morgan fingerprint density at radius 3 is 2.84 bits per heavy atom. The number of anilines is 1. The molecule has 0 fully saturated rings. The van der Waals surface area contributed by atoms with Gasteiger partial charge in [0.1, 0.15) is 11.8 Å². The van der Waals surface area contributed by atoms with Crippen LogP contribution in [0.2, 0.25) is 0 Å². The second-order valence-electron chi connectivity index (χ2n) is 7.45. The number of Topliss-reactive ketones (excluding diaryl/α,β-unsaturated/α-hetero) is 1. The van der Waals surface area contributed by atoms with Crippen molar-refractivity contribution < 1.29 is 14.5 Å². The lowest BCUT2D eigenvalue weighted by molar-refractivity contribution is -0.384. The standard InChI is InChI=1S/C22H19N5O4/c1-31-18-11-3-2-8-15(18)20-19-16(9-5-10-17(19)28)23-22-24-21(25-26(20)22)13-6-4-7-14(12-13)27(29)30/h2-4,6-8,11-12,20H,5,9-10H2,1H3,(H,23,24,25). The SMILES string of the molecule is COc1ccccc1C1C2=C(CCCC2=O)Nc2nc(-c3cccc([N+](=O)[O-])c3)nn21. The molecule has 1 atom stereocenters. The zero-order chi connectivity index (χ0) is 21.5. The number of nitro benzene ring substituents is 1. The van der Waals surface area contributed by atoms with Gasteiger partial charge in [0.05, 0.1) is 12.0 Å². The van der Waals surface area contributed by atoms with Crippen molar-refractivity contribution in [3.8, 4) is 17.1 Å². The molecule has 1 aromatic heterocycles. The Labute approximate surface area is 177 Å². The van der Waals surface area contributed by atoms with Gasteiger partial charge >= 0.3 is 0 Å². The molecule has 0 amide bonds. The van der Waals surface area contributed by atoms with E-state index in [0.717, 1.165) is 24.1 Å². The number of nitrogens with one attached hydrogen (secondary N) is 1. The number of nitrogens with zero attached hydrogens (tertiary/aromatic N) is 4. The Bertz CT molecular complexity index is 1250. The fourth-order valence-electron chi connectivity index (χ4n) is 4.22. The first-order valence-electron chi connectivity index (χ1n) is 9.94. The Morgan fingerprint density at radius 2 is 2.03 bits per heavy atom. The summed E-state index contributed by atoms with van der Waals surface area (Å²) in [5.74, 6) is 1.56. The smallest absolute Gasteiger partial charge is 0.270 e. The number of allylic oxidation sites excluding steroid dienone is 2. The van der Waals surface area contributed by atoms with E-state index >= 15 is 0 Å². The minimum absolute atomic E-state index is 0.0351. The third kappa shape index (κ3) is 3.14. The lowest BCUT2D eigenvalue weighted by Gasteiger charge is -2.32. The molecule has 1 aliphatic carbocycles. The molecule has 9 nitrogen and oxygen atoms in total. The molecule has 3 aromatic rings. The summed E-state index contributed by atoms with van der Waals surface area (Å²) >= 11 is 0. The largest absolute Gasteiger partial charge is 0.496 e. The fourth-order valence-corrected chi connectivity index (χ4v) is 4.22. The average Bonchev–Trinajstić information content (AvgIpc) is 3.22. The van der Waals surface area contributed by atoms with Gasteiger partial charge < -0.3 is 10.1 Å². The van der Waals surface area contributed by atoms with Crippen LogP contribution in [0.4, 0.5) is 11.6 Å². The number of nitro groups is 1. The molecule has 5 rings (SSSR count). The predicted octanol–water partition coefficient (Wildman–Crippen LogP) is 3.88. The number of ketones is 1. The maximum absolute atomic E-state index is 12.9. The highest BCUT2D eigenvalue weighted by atomic mass is 16.6. The molecule has 1 aliphatic heterocycles. The molecule has 0 bridgehead atoms. The highest BCUT2D eigenvalue weighted by molar-refractivity contribution is 5.99. The van der Waals surface area contributed by atoms with Gasteiger partial charge in [-0.1, -0.05) is 30.3 Å². The number of carbonyl (C=O) groups is 1. The van der Waals surface area contributed by atoms with Crippen LogP contribution in [0.1, 0.15) is 30.9 Å². The zero-order valence-corrected chi connectivity index (χ0v) is 16.7. The van der Waals surface area contributed by atoms with Gasteiger partial charge in [0, 0.05) is 41.0 Å². The lowest BCUT2D eigenvalue weighted by Crippen LogP contribution is -2.31. The number of rotatable bonds is 4. The number of methoxy groups -OCH3 is 1. The van der Waals surface area contributed by atoms with Crippen molar-refractivity contribution in [2.24, 2.45) is 0 Å². The summed E-state index contributed by atoms with van der Waals surface area (Å²) in [7, 11) is 1.59.